The molecule has 0 aliphatic heterocycles. The fourth-order valence-corrected chi connectivity index (χ4v) is 1.74. The number of rotatable bonds is 4. The lowest BCUT2D eigenvalue weighted by Crippen LogP contribution is -2.01. The SMILES string of the molecule is Cc1cccc(C=Nn2nnnc2Nc2ccccc2)n1. The van der Waals surface area contributed by atoms with Gasteiger partial charge in [0.2, 0.25) is 0 Å². The summed E-state index contributed by atoms with van der Waals surface area (Å²) in [6.07, 6.45) is 1.61. The molecule has 1 N–H and O–H groups in total. The average molecular weight is 279 g/mol. The van der Waals surface area contributed by atoms with Gasteiger partial charge in [-0.2, -0.15) is 5.10 Å². The Morgan fingerprint density at radius 2 is 1.95 bits per heavy atom. The fourth-order valence-electron chi connectivity index (χ4n) is 1.74. The summed E-state index contributed by atoms with van der Waals surface area (Å²) < 4.78 is 0. The Labute approximate surface area is 121 Å². The summed E-state index contributed by atoms with van der Waals surface area (Å²) in [5, 5.41) is 18.6. The number of aromatic nitrogens is 5. The molecule has 1 aromatic carbocycles. The van der Waals surface area contributed by atoms with Gasteiger partial charge in [0.05, 0.1) is 11.9 Å². The molecule has 0 saturated heterocycles. The minimum absolute atomic E-state index is 0.435. The summed E-state index contributed by atoms with van der Waals surface area (Å²) in [5.74, 6) is 0.435. The van der Waals surface area contributed by atoms with Crippen molar-refractivity contribution in [1.29, 1.82) is 0 Å². The molecule has 3 rings (SSSR count). The summed E-state index contributed by atoms with van der Waals surface area (Å²) in [6, 6.07) is 15.4. The minimum Gasteiger partial charge on any atom is -0.321 e. The molecule has 104 valence electrons. The van der Waals surface area contributed by atoms with Gasteiger partial charge in [0.15, 0.2) is 0 Å². The van der Waals surface area contributed by atoms with Crippen molar-refractivity contribution in [3.63, 3.8) is 0 Å². The van der Waals surface area contributed by atoms with E-state index in [-0.39, 0.29) is 0 Å². The van der Waals surface area contributed by atoms with Gasteiger partial charge in [-0.3, -0.25) is 4.98 Å². The van der Waals surface area contributed by atoms with Gasteiger partial charge in [-0.25, -0.2) is 0 Å². The molecule has 0 saturated carbocycles. The first-order valence-corrected chi connectivity index (χ1v) is 6.40. The molecule has 0 atom stereocenters. The summed E-state index contributed by atoms with van der Waals surface area (Å²) >= 11 is 0. The fraction of sp³-hybridized carbons (Fsp3) is 0.0714. The van der Waals surface area contributed by atoms with Crippen LogP contribution in [0.2, 0.25) is 0 Å². The number of hydrogen-bond acceptors (Lipinski definition) is 6. The van der Waals surface area contributed by atoms with E-state index in [2.05, 4.69) is 30.9 Å². The van der Waals surface area contributed by atoms with Crippen LogP contribution in [-0.4, -0.2) is 31.5 Å². The van der Waals surface area contributed by atoms with E-state index in [0.717, 1.165) is 17.1 Å². The standard InChI is InChI=1S/C14H13N7/c1-11-6-5-9-13(16-11)10-15-21-14(18-19-20-21)17-12-7-3-2-4-8-12/h2-10H,1H3,(H,17,18,20). The van der Waals surface area contributed by atoms with Crippen LogP contribution >= 0.6 is 0 Å². The highest BCUT2D eigenvalue weighted by Crippen LogP contribution is 2.11. The Balaban J connectivity index is 1.79. The number of nitrogens with one attached hydrogen (secondary N) is 1. The normalized spacial score (nSPS) is 10.9. The molecule has 0 aliphatic rings. The van der Waals surface area contributed by atoms with E-state index in [9.17, 15) is 0 Å². The molecule has 0 fully saturated rings. The molecule has 7 nitrogen and oxygen atoms in total. The van der Waals surface area contributed by atoms with Crippen LogP contribution in [0.3, 0.4) is 0 Å². The zero-order valence-corrected chi connectivity index (χ0v) is 11.4. The Hall–Kier alpha value is -3.09. The van der Waals surface area contributed by atoms with Crippen molar-refractivity contribution in [2.24, 2.45) is 5.10 Å². The highest BCUT2D eigenvalue weighted by molar-refractivity contribution is 5.76. The van der Waals surface area contributed by atoms with Crippen molar-refractivity contribution in [2.45, 2.75) is 6.92 Å². The molecule has 0 bridgehead atoms. The van der Waals surface area contributed by atoms with E-state index >= 15 is 0 Å². The lowest BCUT2D eigenvalue weighted by molar-refractivity contribution is 0.698. The first-order chi connectivity index (χ1) is 10.3. The monoisotopic (exact) mass is 279 g/mol. The van der Waals surface area contributed by atoms with Gasteiger partial charge in [0.25, 0.3) is 5.95 Å². The Morgan fingerprint density at radius 1 is 1.10 bits per heavy atom. The summed E-state index contributed by atoms with van der Waals surface area (Å²) in [4.78, 5) is 5.65. The van der Waals surface area contributed by atoms with E-state index < -0.39 is 0 Å². The van der Waals surface area contributed by atoms with Crippen LogP contribution < -0.4 is 5.32 Å². The van der Waals surface area contributed by atoms with Crippen LogP contribution in [0.1, 0.15) is 11.4 Å². The van der Waals surface area contributed by atoms with Crippen molar-refractivity contribution in [3.05, 3.63) is 59.9 Å². The molecule has 0 radical (unpaired) electrons. The molecule has 21 heavy (non-hydrogen) atoms. The van der Waals surface area contributed by atoms with Gasteiger partial charge in [0, 0.05) is 11.4 Å². The molecule has 7 heteroatoms. The topological polar surface area (TPSA) is 80.9 Å². The molecule has 2 aromatic heterocycles. The number of hydrogen-bond donors (Lipinski definition) is 1. The maximum absolute atomic E-state index is 4.33. The van der Waals surface area contributed by atoms with Crippen molar-refractivity contribution in [1.82, 2.24) is 25.3 Å². The first kappa shape index (κ1) is 12.9. The molecule has 3 aromatic rings. The summed E-state index contributed by atoms with van der Waals surface area (Å²) in [6.45, 7) is 1.93. The predicted molar refractivity (Wildman–Crippen MR) is 79.5 cm³/mol. The van der Waals surface area contributed by atoms with E-state index in [1.165, 1.54) is 4.79 Å². The average Bonchev–Trinajstić information content (AvgIpc) is 2.93. The third-order valence-corrected chi connectivity index (χ3v) is 2.69. The minimum atomic E-state index is 0.435. The van der Waals surface area contributed by atoms with Gasteiger partial charge in [-0.05, 0) is 41.6 Å². The first-order valence-electron chi connectivity index (χ1n) is 6.40. The number of pyridine rings is 1. The van der Waals surface area contributed by atoms with E-state index in [1.807, 2.05) is 55.5 Å². The predicted octanol–water partition coefficient (Wildman–Crippen LogP) is 2.00. The molecule has 0 amide bonds. The van der Waals surface area contributed by atoms with Crippen LogP contribution in [0.15, 0.2) is 53.6 Å². The van der Waals surface area contributed by atoms with Crippen LogP contribution in [0.4, 0.5) is 11.6 Å². The second kappa shape index (κ2) is 5.91. The number of anilines is 2. The maximum Gasteiger partial charge on any atom is 0.269 e. The smallest absolute Gasteiger partial charge is 0.269 e. The zero-order valence-electron chi connectivity index (χ0n) is 11.4. The molecule has 0 aliphatic carbocycles. The number of para-hydroxylation sites is 1. The van der Waals surface area contributed by atoms with Gasteiger partial charge >= 0.3 is 0 Å². The van der Waals surface area contributed by atoms with Crippen molar-refractivity contribution in [3.8, 4) is 0 Å². The number of tetrazole rings is 1. The zero-order chi connectivity index (χ0) is 14.5. The van der Waals surface area contributed by atoms with E-state index in [1.54, 1.807) is 6.21 Å². The number of nitrogens with zero attached hydrogens (tertiary/aromatic N) is 6. The quantitative estimate of drug-likeness (QED) is 0.739. The second-order valence-corrected chi connectivity index (χ2v) is 4.33. The highest BCUT2D eigenvalue weighted by atomic mass is 15.7. The number of aryl methyl sites for hydroxylation is 1. The van der Waals surface area contributed by atoms with Crippen molar-refractivity contribution in [2.75, 3.05) is 5.32 Å². The summed E-state index contributed by atoms with van der Waals surface area (Å²) in [7, 11) is 0. The second-order valence-electron chi connectivity index (χ2n) is 4.33. The van der Waals surface area contributed by atoms with Gasteiger partial charge < -0.3 is 5.32 Å². The van der Waals surface area contributed by atoms with Crippen LogP contribution in [0, 0.1) is 6.92 Å². The lowest BCUT2D eigenvalue weighted by Gasteiger charge is -2.02. The molecule has 0 spiro atoms. The Bertz CT molecular complexity index is 749. The molecule has 0 unspecified atom stereocenters. The Morgan fingerprint density at radius 3 is 2.76 bits per heavy atom. The maximum atomic E-state index is 4.33. The molecular formula is C14H13N7. The third-order valence-electron chi connectivity index (χ3n) is 2.69. The summed E-state index contributed by atoms with van der Waals surface area (Å²) in [5.41, 5.74) is 2.56. The van der Waals surface area contributed by atoms with E-state index in [0.29, 0.717) is 5.95 Å². The van der Waals surface area contributed by atoms with Crippen molar-refractivity contribution >= 4 is 17.9 Å². The third kappa shape index (κ3) is 3.27. The largest absolute Gasteiger partial charge is 0.321 e. The van der Waals surface area contributed by atoms with Crippen LogP contribution in [-0.2, 0) is 0 Å². The van der Waals surface area contributed by atoms with Crippen LogP contribution in [0.5, 0.6) is 0 Å². The van der Waals surface area contributed by atoms with Crippen molar-refractivity contribution < 1.29 is 0 Å². The lowest BCUT2D eigenvalue weighted by atomic mass is 10.3. The van der Waals surface area contributed by atoms with E-state index in [4.69, 9.17) is 0 Å². The van der Waals surface area contributed by atoms with Gasteiger partial charge in [-0.15, -0.1) is 0 Å². The van der Waals surface area contributed by atoms with Gasteiger partial charge in [0.1, 0.15) is 0 Å². The van der Waals surface area contributed by atoms with Crippen LogP contribution in [0.25, 0.3) is 0 Å². The number of benzene rings is 1. The molecular weight excluding hydrogens is 266 g/mol. The highest BCUT2D eigenvalue weighted by Gasteiger charge is 2.04. The van der Waals surface area contributed by atoms with Gasteiger partial charge in [-0.1, -0.05) is 34.2 Å². The molecule has 2 heterocycles. The Kier molecular flexibility index (Phi) is 3.64.